The predicted molar refractivity (Wildman–Crippen MR) is 224 cm³/mol. The van der Waals surface area contributed by atoms with Gasteiger partial charge in [-0.05, 0) is 81.5 Å². The molecule has 0 fully saturated rings. The van der Waals surface area contributed by atoms with Crippen LogP contribution in [0.2, 0.25) is 0 Å². The second kappa shape index (κ2) is 12.5. The first-order chi connectivity index (χ1) is 27.2. The zero-order valence-electron chi connectivity index (χ0n) is 30.6. The summed E-state index contributed by atoms with van der Waals surface area (Å²) in [5.41, 5.74) is 14.8. The number of ether oxygens (including phenoxy) is 1. The molecule has 3 nitrogen and oxygen atoms in total. The average Bonchev–Trinajstić information content (AvgIpc) is 3.54. The molecule has 0 radical (unpaired) electrons. The maximum atomic E-state index is 6.79. The van der Waals surface area contributed by atoms with E-state index in [1.807, 2.05) is 0 Å². The molecule has 0 bridgehead atoms. The summed E-state index contributed by atoms with van der Waals surface area (Å²) in [6, 6.07) is 59.0. The summed E-state index contributed by atoms with van der Waals surface area (Å²) in [5.74, 6) is 3.38. The van der Waals surface area contributed by atoms with Crippen LogP contribution in [0.25, 0.3) is 55.7 Å². The van der Waals surface area contributed by atoms with Gasteiger partial charge < -0.3 is 4.74 Å². The Balaban J connectivity index is 0.994. The van der Waals surface area contributed by atoms with Crippen LogP contribution in [0.15, 0.2) is 176 Å². The molecule has 1 spiro atoms. The highest BCUT2D eigenvalue weighted by atomic mass is 16.5. The Kier molecular flexibility index (Phi) is 7.25. The zero-order valence-corrected chi connectivity index (χ0v) is 30.6. The maximum absolute atomic E-state index is 6.79. The van der Waals surface area contributed by atoms with E-state index in [2.05, 4.69) is 183 Å². The second-order valence-corrected chi connectivity index (χ2v) is 15.2. The van der Waals surface area contributed by atoms with Gasteiger partial charge in [-0.2, -0.15) is 0 Å². The van der Waals surface area contributed by atoms with E-state index in [0.717, 1.165) is 74.6 Å². The van der Waals surface area contributed by atoms with Gasteiger partial charge >= 0.3 is 0 Å². The molecule has 1 aliphatic heterocycles. The van der Waals surface area contributed by atoms with Gasteiger partial charge in [-0.25, -0.2) is 9.97 Å². The summed E-state index contributed by atoms with van der Waals surface area (Å²) in [6.07, 6.45) is 6.84. The Morgan fingerprint density at radius 2 is 1.13 bits per heavy atom. The lowest BCUT2D eigenvalue weighted by Crippen LogP contribution is -2.32. The molecule has 55 heavy (non-hydrogen) atoms. The Morgan fingerprint density at radius 3 is 1.89 bits per heavy atom. The molecule has 2 heterocycles. The Hall–Kier alpha value is -6.58. The third kappa shape index (κ3) is 4.82. The number of hydrogen-bond donors (Lipinski definition) is 0. The normalized spacial score (nSPS) is 17.3. The van der Waals surface area contributed by atoms with Crippen LogP contribution in [0.4, 0.5) is 0 Å². The van der Waals surface area contributed by atoms with Crippen LogP contribution in [0.3, 0.4) is 0 Å². The summed E-state index contributed by atoms with van der Waals surface area (Å²) in [4.78, 5) is 10.5. The standard InChI is InChI=1S/C52H38N2O/c1-33-14-2-3-15-37(33)50-42-20-8-12-24-47(42)53-51(54-50)41-19-5-4-16-38(41)35-28-26-34(27-29-35)36-30-31-46-49(32-36)55-48-25-13-11-23-45(48)52(46)43-21-9-6-17-39(43)40-18-7-10-22-44(40)52/h2,4-14,16-33,37H,3,15H2,1H3. The molecule has 0 saturated carbocycles. The number of allylic oxidation sites excluding steroid dienone is 2. The van der Waals surface area contributed by atoms with Crippen LogP contribution in [-0.4, -0.2) is 9.97 Å². The quantitative estimate of drug-likeness (QED) is 0.171. The average molecular weight is 707 g/mol. The van der Waals surface area contributed by atoms with Crippen LogP contribution in [0.1, 0.15) is 53.6 Å². The van der Waals surface area contributed by atoms with E-state index in [-0.39, 0.29) is 0 Å². The Labute approximate surface area is 321 Å². The molecule has 1 aromatic heterocycles. The summed E-state index contributed by atoms with van der Waals surface area (Å²) in [5, 5.41) is 1.16. The van der Waals surface area contributed by atoms with E-state index in [1.165, 1.54) is 33.4 Å². The minimum Gasteiger partial charge on any atom is -0.457 e. The summed E-state index contributed by atoms with van der Waals surface area (Å²) < 4.78 is 6.79. The van der Waals surface area contributed by atoms with Crippen molar-refractivity contribution in [1.29, 1.82) is 0 Å². The van der Waals surface area contributed by atoms with E-state index >= 15 is 0 Å². The summed E-state index contributed by atoms with van der Waals surface area (Å²) in [6.45, 7) is 2.31. The van der Waals surface area contributed by atoms with Crippen molar-refractivity contribution in [3.05, 3.63) is 204 Å². The number of aromatic nitrogens is 2. The van der Waals surface area contributed by atoms with Gasteiger partial charge in [0.15, 0.2) is 5.82 Å². The van der Waals surface area contributed by atoms with Crippen molar-refractivity contribution in [2.45, 2.75) is 31.1 Å². The molecular weight excluding hydrogens is 669 g/mol. The fourth-order valence-electron chi connectivity index (χ4n) is 9.69. The number of nitrogens with zero attached hydrogens (tertiary/aromatic N) is 2. The fraction of sp³-hybridized carbons (Fsp3) is 0.115. The minimum atomic E-state index is -0.458. The van der Waals surface area contributed by atoms with Crippen LogP contribution >= 0.6 is 0 Å². The fourth-order valence-corrected chi connectivity index (χ4v) is 9.69. The highest BCUT2D eigenvalue weighted by Gasteiger charge is 2.50. The van der Waals surface area contributed by atoms with Gasteiger partial charge in [0.1, 0.15) is 11.5 Å². The van der Waals surface area contributed by atoms with Crippen LogP contribution in [0.5, 0.6) is 11.5 Å². The van der Waals surface area contributed by atoms with Gasteiger partial charge in [0, 0.05) is 28.0 Å². The lowest BCUT2D eigenvalue weighted by atomic mass is 9.66. The molecular formula is C52H38N2O. The predicted octanol–water partition coefficient (Wildman–Crippen LogP) is 13.2. The third-order valence-electron chi connectivity index (χ3n) is 12.2. The first-order valence-corrected chi connectivity index (χ1v) is 19.4. The molecule has 7 aromatic carbocycles. The van der Waals surface area contributed by atoms with Crippen molar-refractivity contribution in [1.82, 2.24) is 9.97 Å². The van der Waals surface area contributed by atoms with Crippen molar-refractivity contribution in [2.24, 2.45) is 5.92 Å². The molecule has 262 valence electrons. The molecule has 3 aliphatic rings. The van der Waals surface area contributed by atoms with E-state index in [1.54, 1.807) is 0 Å². The van der Waals surface area contributed by atoms with Gasteiger partial charge in [-0.3, -0.25) is 0 Å². The molecule has 11 rings (SSSR count). The SMILES string of the molecule is CC1C=CCCC1c1nc(-c2ccccc2-c2ccc(-c3ccc4c(c3)Oc3ccccc3C43c4ccccc4-c4ccccc43)cc2)nc2ccccc12. The third-order valence-corrected chi connectivity index (χ3v) is 12.2. The van der Waals surface area contributed by atoms with Crippen molar-refractivity contribution in [3.8, 4) is 56.3 Å². The molecule has 8 aromatic rings. The minimum absolute atomic E-state index is 0.366. The molecule has 0 N–H and O–H groups in total. The van der Waals surface area contributed by atoms with Crippen molar-refractivity contribution in [3.63, 3.8) is 0 Å². The van der Waals surface area contributed by atoms with Crippen molar-refractivity contribution >= 4 is 10.9 Å². The molecule has 2 unspecified atom stereocenters. The van der Waals surface area contributed by atoms with Gasteiger partial charge in [0.25, 0.3) is 0 Å². The molecule has 2 aliphatic carbocycles. The lowest BCUT2D eigenvalue weighted by Gasteiger charge is -2.39. The molecule has 0 saturated heterocycles. The monoisotopic (exact) mass is 706 g/mol. The van der Waals surface area contributed by atoms with Gasteiger partial charge in [0.05, 0.1) is 16.6 Å². The number of hydrogen-bond acceptors (Lipinski definition) is 3. The van der Waals surface area contributed by atoms with E-state index in [4.69, 9.17) is 14.7 Å². The van der Waals surface area contributed by atoms with E-state index in [0.29, 0.717) is 11.8 Å². The van der Waals surface area contributed by atoms with Crippen LogP contribution in [0, 0.1) is 5.92 Å². The van der Waals surface area contributed by atoms with Crippen LogP contribution in [-0.2, 0) is 5.41 Å². The van der Waals surface area contributed by atoms with Gasteiger partial charge in [-0.15, -0.1) is 0 Å². The molecule has 3 heteroatoms. The number of para-hydroxylation sites is 2. The van der Waals surface area contributed by atoms with Gasteiger partial charge in [-0.1, -0.05) is 165 Å². The smallest absolute Gasteiger partial charge is 0.160 e. The highest BCUT2D eigenvalue weighted by molar-refractivity contribution is 5.90. The first-order valence-electron chi connectivity index (χ1n) is 19.4. The first kappa shape index (κ1) is 31.9. The second-order valence-electron chi connectivity index (χ2n) is 15.2. The molecule has 0 amide bonds. The highest BCUT2D eigenvalue weighted by Crippen LogP contribution is 2.62. The van der Waals surface area contributed by atoms with E-state index < -0.39 is 5.41 Å². The van der Waals surface area contributed by atoms with Gasteiger partial charge in [0.2, 0.25) is 0 Å². The van der Waals surface area contributed by atoms with Crippen LogP contribution < -0.4 is 4.74 Å². The Morgan fingerprint density at radius 1 is 0.527 bits per heavy atom. The largest absolute Gasteiger partial charge is 0.457 e. The zero-order chi connectivity index (χ0) is 36.5. The number of rotatable bonds is 4. The Bertz CT molecular complexity index is 2790. The van der Waals surface area contributed by atoms with Crippen molar-refractivity contribution in [2.75, 3.05) is 0 Å². The summed E-state index contributed by atoms with van der Waals surface area (Å²) in [7, 11) is 0. The number of benzene rings is 7. The summed E-state index contributed by atoms with van der Waals surface area (Å²) >= 11 is 0. The maximum Gasteiger partial charge on any atom is 0.160 e. The topological polar surface area (TPSA) is 35.0 Å². The van der Waals surface area contributed by atoms with Crippen molar-refractivity contribution < 1.29 is 4.74 Å². The lowest BCUT2D eigenvalue weighted by molar-refractivity contribution is 0.436. The number of fused-ring (bicyclic) bond motifs is 10. The van der Waals surface area contributed by atoms with E-state index in [9.17, 15) is 0 Å². The molecule has 2 atom stereocenters.